The van der Waals surface area contributed by atoms with E-state index in [-0.39, 0.29) is 11.0 Å². The first kappa shape index (κ1) is 10.9. The van der Waals surface area contributed by atoms with Gasteiger partial charge in [0.1, 0.15) is 11.6 Å². The van der Waals surface area contributed by atoms with Gasteiger partial charge in [-0.1, -0.05) is 19.8 Å². The lowest BCUT2D eigenvalue weighted by molar-refractivity contribution is 0.415. The van der Waals surface area contributed by atoms with Crippen LogP contribution in [0.1, 0.15) is 43.0 Å². The highest BCUT2D eigenvalue weighted by Gasteiger charge is 2.21. The van der Waals surface area contributed by atoms with E-state index in [4.69, 9.17) is 5.26 Å². The molecule has 0 spiro atoms. The van der Waals surface area contributed by atoms with Crippen LogP contribution in [0.4, 0.5) is 0 Å². The van der Waals surface area contributed by atoms with Gasteiger partial charge >= 0.3 is 0 Å². The van der Waals surface area contributed by atoms with Crippen molar-refractivity contribution in [2.24, 2.45) is 5.92 Å². The fourth-order valence-electron chi connectivity index (χ4n) is 2.53. The molecule has 0 radical (unpaired) electrons. The number of aromatic amines is 1. The summed E-state index contributed by atoms with van der Waals surface area (Å²) in [5.74, 6) is 0.695. The topological polar surface area (TPSA) is 56.6 Å². The van der Waals surface area contributed by atoms with Gasteiger partial charge in [0.2, 0.25) is 5.43 Å². The third-order valence-corrected chi connectivity index (χ3v) is 3.39. The first-order valence-corrected chi connectivity index (χ1v) is 5.89. The second-order valence-electron chi connectivity index (χ2n) is 4.50. The maximum atomic E-state index is 11.9. The second kappa shape index (κ2) is 4.52. The molecule has 0 aliphatic heterocycles. The van der Waals surface area contributed by atoms with Crippen LogP contribution in [-0.4, -0.2) is 4.98 Å². The monoisotopic (exact) mass is 216 g/mol. The molecule has 2 rings (SSSR count). The van der Waals surface area contributed by atoms with Gasteiger partial charge in [-0.2, -0.15) is 5.26 Å². The molecule has 0 saturated heterocycles. The number of pyridine rings is 1. The van der Waals surface area contributed by atoms with Crippen LogP contribution in [0.25, 0.3) is 0 Å². The van der Waals surface area contributed by atoms with E-state index in [2.05, 4.69) is 11.9 Å². The van der Waals surface area contributed by atoms with Crippen LogP contribution >= 0.6 is 0 Å². The summed E-state index contributed by atoms with van der Waals surface area (Å²) in [4.78, 5) is 15.0. The van der Waals surface area contributed by atoms with Crippen molar-refractivity contribution in [2.75, 3.05) is 0 Å². The summed E-state index contributed by atoms with van der Waals surface area (Å²) in [5, 5.41) is 8.79. The Morgan fingerprint density at radius 3 is 3.12 bits per heavy atom. The highest BCUT2D eigenvalue weighted by atomic mass is 16.1. The maximum absolute atomic E-state index is 11.9. The van der Waals surface area contributed by atoms with Crippen LogP contribution in [0, 0.1) is 17.2 Å². The first-order valence-electron chi connectivity index (χ1n) is 5.89. The largest absolute Gasteiger partial charge is 0.363 e. The Bertz CT molecular complexity index is 482. The van der Waals surface area contributed by atoms with Gasteiger partial charge in [-0.3, -0.25) is 4.79 Å². The Hall–Kier alpha value is -1.56. The molecule has 0 amide bonds. The van der Waals surface area contributed by atoms with E-state index >= 15 is 0 Å². The van der Waals surface area contributed by atoms with Crippen molar-refractivity contribution in [2.45, 2.75) is 39.0 Å². The Morgan fingerprint density at radius 1 is 1.62 bits per heavy atom. The molecule has 0 bridgehead atoms. The number of nitriles is 1. The van der Waals surface area contributed by atoms with Crippen molar-refractivity contribution in [1.29, 1.82) is 5.26 Å². The lowest BCUT2D eigenvalue weighted by Gasteiger charge is -2.23. The molecule has 1 heterocycles. The lowest BCUT2D eigenvalue weighted by Crippen LogP contribution is -2.24. The third kappa shape index (κ3) is 1.88. The smallest absolute Gasteiger partial charge is 0.202 e. The van der Waals surface area contributed by atoms with Crippen molar-refractivity contribution >= 4 is 0 Å². The SMILES string of the molecule is CCCC1CCc2c([nH]cc(C#N)c2=O)C1. The Labute approximate surface area is 95.1 Å². The molecule has 16 heavy (non-hydrogen) atoms. The van der Waals surface area contributed by atoms with E-state index in [1.54, 1.807) is 6.20 Å². The van der Waals surface area contributed by atoms with Crippen LogP contribution in [0.3, 0.4) is 0 Å². The molecule has 0 fully saturated rings. The van der Waals surface area contributed by atoms with Crippen LogP contribution in [0.2, 0.25) is 0 Å². The van der Waals surface area contributed by atoms with E-state index in [0.29, 0.717) is 5.92 Å². The van der Waals surface area contributed by atoms with Gasteiger partial charge in [0.05, 0.1) is 0 Å². The van der Waals surface area contributed by atoms with Crippen molar-refractivity contribution in [3.63, 3.8) is 0 Å². The summed E-state index contributed by atoms with van der Waals surface area (Å²) < 4.78 is 0. The molecule has 84 valence electrons. The summed E-state index contributed by atoms with van der Waals surface area (Å²) in [6.07, 6.45) is 6.84. The molecule has 1 aromatic rings. The molecule has 0 aromatic carbocycles. The zero-order valence-corrected chi connectivity index (χ0v) is 9.55. The molecule has 1 N–H and O–H groups in total. The van der Waals surface area contributed by atoms with Gasteiger partial charge in [-0.05, 0) is 25.2 Å². The number of H-pyrrole nitrogens is 1. The minimum atomic E-state index is -0.0637. The molecule has 1 aliphatic carbocycles. The van der Waals surface area contributed by atoms with E-state index in [1.165, 1.54) is 12.8 Å². The number of nitrogens with zero attached hydrogens (tertiary/aromatic N) is 1. The minimum absolute atomic E-state index is 0.0637. The molecule has 1 aromatic heterocycles. The van der Waals surface area contributed by atoms with Crippen LogP contribution in [0.15, 0.2) is 11.0 Å². The summed E-state index contributed by atoms with van der Waals surface area (Å²) in [6.45, 7) is 2.19. The average molecular weight is 216 g/mol. The predicted octanol–water partition coefficient (Wildman–Crippen LogP) is 2.15. The Kier molecular flexibility index (Phi) is 3.09. The predicted molar refractivity (Wildman–Crippen MR) is 62.2 cm³/mol. The summed E-state index contributed by atoms with van der Waals surface area (Å²) >= 11 is 0. The van der Waals surface area contributed by atoms with E-state index < -0.39 is 0 Å². The fourth-order valence-corrected chi connectivity index (χ4v) is 2.53. The fraction of sp³-hybridized carbons (Fsp3) is 0.538. The average Bonchev–Trinajstić information content (AvgIpc) is 2.30. The van der Waals surface area contributed by atoms with Crippen molar-refractivity contribution in [3.8, 4) is 6.07 Å². The standard InChI is InChI=1S/C13H16N2O/c1-2-3-9-4-5-11-12(6-9)15-8-10(7-14)13(11)16/h8-9H,2-6H2,1H3,(H,15,16). The van der Waals surface area contributed by atoms with Crippen molar-refractivity contribution in [1.82, 2.24) is 4.98 Å². The number of aromatic nitrogens is 1. The summed E-state index contributed by atoms with van der Waals surface area (Å²) in [7, 11) is 0. The molecule has 3 heteroatoms. The molecule has 1 unspecified atom stereocenters. The summed E-state index contributed by atoms with van der Waals surface area (Å²) in [5.41, 5.74) is 2.07. The third-order valence-electron chi connectivity index (χ3n) is 3.39. The van der Waals surface area contributed by atoms with Crippen LogP contribution in [-0.2, 0) is 12.8 Å². The van der Waals surface area contributed by atoms with Gasteiger partial charge in [-0.25, -0.2) is 0 Å². The second-order valence-corrected chi connectivity index (χ2v) is 4.50. The van der Waals surface area contributed by atoms with Crippen LogP contribution < -0.4 is 5.43 Å². The molecular formula is C13H16N2O. The van der Waals surface area contributed by atoms with Gasteiger partial charge in [0.15, 0.2) is 0 Å². The normalized spacial score (nSPS) is 18.9. The quantitative estimate of drug-likeness (QED) is 0.823. The number of nitrogens with one attached hydrogen (secondary N) is 1. The number of hydrogen-bond acceptors (Lipinski definition) is 2. The number of hydrogen-bond donors (Lipinski definition) is 1. The zero-order chi connectivity index (χ0) is 11.5. The van der Waals surface area contributed by atoms with Crippen molar-refractivity contribution in [3.05, 3.63) is 33.2 Å². The van der Waals surface area contributed by atoms with E-state index in [0.717, 1.165) is 30.5 Å². The zero-order valence-electron chi connectivity index (χ0n) is 9.55. The molecule has 1 aliphatic rings. The van der Waals surface area contributed by atoms with E-state index in [1.807, 2.05) is 6.07 Å². The van der Waals surface area contributed by atoms with Gasteiger partial charge in [0, 0.05) is 17.5 Å². The van der Waals surface area contributed by atoms with E-state index in [9.17, 15) is 4.79 Å². The molecule has 1 atom stereocenters. The van der Waals surface area contributed by atoms with Gasteiger partial charge in [-0.15, -0.1) is 0 Å². The van der Waals surface area contributed by atoms with Gasteiger partial charge < -0.3 is 4.98 Å². The number of fused-ring (bicyclic) bond motifs is 1. The highest BCUT2D eigenvalue weighted by molar-refractivity contribution is 5.34. The van der Waals surface area contributed by atoms with Crippen LogP contribution in [0.5, 0.6) is 0 Å². The summed E-state index contributed by atoms with van der Waals surface area (Å²) in [6, 6.07) is 1.94. The Balaban J connectivity index is 2.33. The highest BCUT2D eigenvalue weighted by Crippen LogP contribution is 2.25. The Morgan fingerprint density at radius 2 is 2.44 bits per heavy atom. The van der Waals surface area contributed by atoms with Crippen molar-refractivity contribution < 1.29 is 0 Å². The molecule has 0 saturated carbocycles. The minimum Gasteiger partial charge on any atom is -0.363 e. The first-order chi connectivity index (χ1) is 7.76. The maximum Gasteiger partial charge on any atom is 0.202 e. The number of rotatable bonds is 2. The van der Waals surface area contributed by atoms with Gasteiger partial charge in [0.25, 0.3) is 0 Å². The molecule has 3 nitrogen and oxygen atoms in total. The molecular weight excluding hydrogens is 200 g/mol. The lowest BCUT2D eigenvalue weighted by atomic mass is 9.84.